The summed E-state index contributed by atoms with van der Waals surface area (Å²) in [5, 5.41) is 6.44. The van der Waals surface area contributed by atoms with Crippen molar-refractivity contribution in [1.82, 2.24) is 15.3 Å². The first-order valence-corrected chi connectivity index (χ1v) is 8.41. The van der Waals surface area contributed by atoms with E-state index in [0.717, 1.165) is 0 Å². The van der Waals surface area contributed by atoms with Crippen LogP contribution in [0.25, 0.3) is 22.0 Å². The minimum atomic E-state index is -0.498. The van der Waals surface area contributed by atoms with E-state index >= 15 is 0 Å². The standard InChI is InChI=1S/C19H18ClFN4O/c1-19(2,3)25-18(26)24-17-12(16-13(20)5-4-6-14(16)21)9-11-10-22-8-7-15(11)23-17/h4-10H,1-3H3,(H2,23,24,25,26). The van der Waals surface area contributed by atoms with Crippen LogP contribution in [0, 0.1) is 5.82 Å². The minimum absolute atomic E-state index is 0.179. The molecule has 3 rings (SSSR count). The molecule has 0 spiro atoms. The van der Waals surface area contributed by atoms with Gasteiger partial charge in [-0.25, -0.2) is 14.2 Å². The van der Waals surface area contributed by atoms with Gasteiger partial charge in [-0.2, -0.15) is 0 Å². The van der Waals surface area contributed by atoms with E-state index in [4.69, 9.17) is 11.6 Å². The zero-order valence-electron chi connectivity index (χ0n) is 14.6. The molecule has 0 saturated heterocycles. The van der Waals surface area contributed by atoms with Gasteiger partial charge in [0.2, 0.25) is 0 Å². The first-order valence-electron chi connectivity index (χ1n) is 8.03. The lowest BCUT2D eigenvalue weighted by Crippen LogP contribution is -2.43. The third-order valence-electron chi connectivity index (χ3n) is 3.57. The number of aromatic nitrogens is 2. The lowest BCUT2D eigenvalue weighted by molar-refractivity contribution is 0.243. The Bertz CT molecular complexity index is 965. The third kappa shape index (κ3) is 3.91. The van der Waals surface area contributed by atoms with E-state index in [9.17, 15) is 9.18 Å². The highest BCUT2D eigenvalue weighted by Crippen LogP contribution is 2.36. The molecule has 3 aromatic rings. The fraction of sp³-hybridized carbons (Fsp3) is 0.211. The van der Waals surface area contributed by atoms with Crippen molar-refractivity contribution in [3.63, 3.8) is 0 Å². The first-order chi connectivity index (χ1) is 12.2. The second-order valence-corrected chi connectivity index (χ2v) is 7.29. The van der Waals surface area contributed by atoms with Crippen molar-refractivity contribution in [3.8, 4) is 11.1 Å². The Morgan fingerprint density at radius 2 is 2.00 bits per heavy atom. The van der Waals surface area contributed by atoms with Crippen LogP contribution in [0.5, 0.6) is 0 Å². The average Bonchev–Trinajstić information content (AvgIpc) is 2.53. The summed E-state index contributed by atoms with van der Waals surface area (Å²) in [5.74, 6) is -0.278. The Morgan fingerprint density at radius 3 is 2.69 bits per heavy atom. The number of urea groups is 1. The lowest BCUT2D eigenvalue weighted by Gasteiger charge is -2.21. The number of anilines is 1. The summed E-state index contributed by atoms with van der Waals surface area (Å²) in [4.78, 5) is 20.8. The molecule has 2 heterocycles. The first kappa shape index (κ1) is 18.1. The van der Waals surface area contributed by atoms with E-state index < -0.39 is 17.4 Å². The molecule has 0 aliphatic rings. The maximum atomic E-state index is 14.5. The number of pyridine rings is 2. The molecule has 134 valence electrons. The molecular weight excluding hydrogens is 355 g/mol. The van der Waals surface area contributed by atoms with Gasteiger partial charge >= 0.3 is 6.03 Å². The fourth-order valence-electron chi connectivity index (χ4n) is 2.54. The Kier molecular flexibility index (Phi) is 4.78. The molecule has 0 bridgehead atoms. The minimum Gasteiger partial charge on any atom is -0.333 e. The summed E-state index contributed by atoms with van der Waals surface area (Å²) in [6.45, 7) is 5.59. The van der Waals surface area contributed by atoms with E-state index in [-0.39, 0.29) is 16.4 Å². The van der Waals surface area contributed by atoms with Gasteiger partial charge in [-0.1, -0.05) is 17.7 Å². The number of nitrogens with one attached hydrogen (secondary N) is 2. The van der Waals surface area contributed by atoms with Gasteiger partial charge in [0.1, 0.15) is 11.6 Å². The van der Waals surface area contributed by atoms with E-state index in [1.165, 1.54) is 12.1 Å². The zero-order chi connectivity index (χ0) is 18.9. The number of nitrogens with zero attached hydrogens (tertiary/aromatic N) is 2. The SMILES string of the molecule is CC(C)(C)NC(=O)Nc1nc2ccncc2cc1-c1c(F)cccc1Cl. The van der Waals surface area contributed by atoms with Crippen LogP contribution in [0.15, 0.2) is 42.7 Å². The van der Waals surface area contributed by atoms with Crippen LogP contribution in [0.2, 0.25) is 5.02 Å². The summed E-state index contributed by atoms with van der Waals surface area (Å²) in [6, 6.07) is 7.42. The Balaban J connectivity index is 2.15. The number of carbonyl (C=O) groups excluding carboxylic acids is 1. The zero-order valence-corrected chi connectivity index (χ0v) is 15.4. The van der Waals surface area contributed by atoms with Crippen LogP contribution in [-0.2, 0) is 0 Å². The second kappa shape index (κ2) is 6.88. The number of halogens is 2. The largest absolute Gasteiger partial charge is 0.333 e. The second-order valence-electron chi connectivity index (χ2n) is 6.88. The van der Waals surface area contributed by atoms with Crippen molar-refractivity contribution in [3.05, 3.63) is 53.6 Å². The van der Waals surface area contributed by atoms with Crippen molar-refractivity contribution in [2.45, 2.75) is 26.3 Å². The van der Waals surface area contributed by atoms with E-state index in [1.54, 1.807) is 30.6 Å². The molecule has 0 fully saturated rings. The van der Waals surface area contributed by atoms with Crippen molar-refractivity contribution < 1.29 is 9.18 Å². The number of fused-ring (bicyclic) bond motifs is 1. The normalized spacial score (nSPS) is 11.4. The summed E-state index contributed by atoms with van der Waals surface area (Å²) in [6.07, 6.45) is 3.23. The van der Waals surface area contributed by atoms with Gasteiger partial charge in [0.25, 0.3) is 0 Å². The molecule has 2 amide bonds. The van der Waals surface area contributed by atoms with Gasteiger partial charge in [0.15, 0.2) is 0 Å². The molecule has 2 aromatic heterocycles. The summed E-state index contributed by atoms with van der Waals surface area (Å²) in [7, 11) is 0. The predicted octanol–water partition coefficient (Wildman–Crippen LogP) is 5.01. The van der Waals surface area contributed by atoms with E-state index in [2.05, 4.69) is 20.6 Å². The summed E-state index contributed by atoms with van der Waals surface area (Å²) >= 11 is 6.22. The summed E-state index contributed by atoms with van der Waals surface area (Å²) < 4.78 is 14.5. The highest BCUT2D eigenvalue weighted by Gasteiger charge is 2.19. The number of amides is 2. The third-order valence-corrected chi connectivity index (χ3v) is 3.88. The van der Waals surface area contributed by atoms with Gasteiger partial charge in [-0.3, -0.25) is 10.3 Å². The molecule has 5 nitrogen and oxygen atoms in total. The molecule has 0 radical (unpaired) electrons. The van der Waals surface area contributed by atoms with Crippen LogP contribution in [0.4, 0.5) is 15.0 Å². The molecule has 1 aromatic carbocycles. The van der Waals surface area contributed by atoms with Crippen molar-refractivity contribution in [1.29, 1.82) is 0 Å². The highest BCUT2D eigenvalue weighted by atomic mass is 35.5. The lowest BCUT2D eigenvalue weighted by atomic mass is 10.0. The van der Waals surface area contributed by atoms with Crippen LogP contribution in [0.1, 0.15) is 20.8 Å². The quantitative estimate of drug-likeness (QED) is 0.664. The van der Waals surface area contributed by atoms with Gasteiger partial charge < -0.3 is 5.32 Å². The monoisotopic (exact) mass is 372 g/mol. The van der Waals surface area contributed by atoms with Crippen LogP contribution < -0.4 is 10.6 Å². The van der Waals surface area contributed by atoms with Crippen LogP contribution in [0.3, 0.4) is 0 Å². The summed E-state index contributed by atoms with van der Waals surface area (Å²) in [5.41, 5.74) is 0.763. The highest BCUT2D eigenvalue weighted by molar-refractivity contribution is 6.33. The molecule has 0 aliphatic carbocycles. The Hall–Kier alpha value is -2.73. The van der Waals surface area contributed by atoms with Crippen molar-refractivity contribution >= 4 is 34.4 Å². The number of hydrogen-bond acceptors (Lipinski definition) is 3. The molecule has 26 heavy (non-hydrogen) atoms. The molecule has 0 atom stereocenters. The molecule has 0 unspecified atom stereocenters. The van der Waals surface area contributed by atoms with E-state index in [0.29, 0.717) is 16.5 Å². The topological polar surface area (TPSA) is 66.9 Å². The fourth-order valence-corrected chi connectivity index (χ4v) is 2.80. The van der Waals surface area contributed by atoms with Gasteiger partial charge in [0, 0.05) is 34.4 Å². The van der Waals surface area contributed by atoms with Crippen LogP contribution in [-0.4, -0.2) is 21.5 Å². The van der Waals surface area contributed by atoms with Crippen molar-refractivity contribution in [2.75, 3.05) is 5.32 Å². The molecule has 2 N–H and O–H groups in total. The number of rotatable bonds is 2. The predicted molar refractivity (Wildman–Crippen MR) is 102 cm³/mol. The number of carbonyl (C=O) groups is 1. The molecule has 0 aliphatic heterocycles. The smallest absolute Gasteiger partial charge is 0.320 e. The van der Waals surface area contributed by atoms with Gasteiger partial charge in [-0.05, 0) is 45.0 Å². The number of hydrogen-bond donors (Lipinski definition) is 2. The van der Waals surface area contributed by atoms with Crippen molar-refractivity contribution in [2.24, 2.45) is 0 Å². The Labute approximate surface area is 155 Å². The van der Waals surface area contributed by atoms with Gasteiger partial charge in [0.05, 0.1) is 10.5 Å². The van der Waals surface area contributed by atoms with E-state index in [1.807, 2.05) is 20.8 Å². The van der Waals surface area contributed by atoms with Crippen LogP contribution >= 0.6 is 11.6 Å². The maximum Gasteiger partial charge on any atom is 0.320 e. The average molecular weight is 373 g/mol. The maximum absolute atomic E-state index is 14.5. The molecule has 0 saturated carbocycles. The molecular formula is C19H18ClFN4O. The molecule has 7 heteroatoms. The van der Waals surface area contributed by atoms with Gasteiger partial charge in [-0.15, -0.1) is 0 Å². The number of benzene rings is 1. The Morgan fingerprint density at radius 1 is 1.23 bits per heavy atom.